The van der Waals surface area contributed by atoms with E-state index >= 15 is 0 Å². The number of anilines is 1. The summed E-state index contributed by atoms with van der Waals surface area (Å²) in [4.78, 5) is 23.8. The van der Waals surface area contributed by atoms with Gasteiger partial charge in [-0.1, -0.05) is 12.1 Å². The lowest BCUT2D eigenvalue weighted by Gasteiger charge is -2.26. The van der Waals surface area contributed by atoms with Crippen LogP contribution in [-0.2, 0) is 26.2 Å². The van der Waals surface area contributed by atoms with Gasteiger partial charge in [0, 0.05) is 25.3 Å². The number of amides is 2. The Kier molecular flexibility index (Phi) is 7.54. The predicted molar refractivity (Wildman–Crippen MR) is 118 cm³/mol. The van der Waals surface area contributed by atoms with Gasteiger partial charge in [0.2, 0.25) is 21.8 Å². The summed E-state index contributed by atoms with van der Waals surface area (Å²) in [6.07, 6.45) is 0. The van der Waals surface area contributed by atoms with Crippen molar-refractivity contribution in [2.24, 2.45) is 0 Å². The van der Waals surface area contributed by atoms with Crippen molar-refractivity contribution in [3.05, 3.63) is 48.0 Å². The first-order valence-corrected chi connectivity index (χ1v) is 11.4. The zero-order chi connectivity index (χ0) is 23.1. The average molecular weight is 463 g/mol. The maximum Gasteiger partial charge on any atom is 0.243 e. The number of carbonyl (C=O) groups excluding carboxylic acids is 2. The summed E-state index contributed by atoms with van der Waals surface area (Å²) in [6, 6.07) is 11.5. The molecule has 1 aliphatic rings. The molecule has 2 amide bonds. The molecule has 3 N–H and O–H groups in total. The third kappa shape index (κ3) is 5.68. The van der Waals surface area contributed by atoms with Gasteiger partial charge in [0.25, 0.3) is 0 Å². The van der Waals surface area contributed by atoms with Crippen molar-refractivity contribution in [2.45, 2.75) is 11.4 Å². The number of benzene rings is 2. The summed E-state index contributed by atoms with van der Waals surface area (Å²) < 4.78 is 37.2. The molecule has 3 rings (SSSR count). The number of hydrogen-bond donors (Lipinski definition) is 3. The monoisotopic (exact) mass is 462 g/mol. The zero-order valence-electron chi connectivity index (χ0n) is 17.9. The van der Waals surface area contributed by atoms with E-state index in [-0.39, 0.29) is 42.9 Å². The fourth-order valence-corrected chi connectivity index (χ4v) is 4.62. The van der Waals surface area contributed by atoms with Gasteiger partial charge in [0.1, 0.15) is 0 Å². The van der Waals surface area contributed by atoms with Gasteiger partial charge in [-0.05, 0) is 35.9 Å². The van der Waals surface area contributed by atoms with E-state index in [1.165, 1.54) is 12.1 Å². The molecule has 1 fully saturated rings. The molecule has 2 aromatic rings. The van der Waals surface area contributed by atoms with Crippen molar-refractivity contribution in [2.75, 3.05) is 45.7 Å². The van der Waals surface area contributed by atoms with Crippen LogP contribution in [0.1, 0.15) is 5.56 Å². The van der Waals surface area contributed by atoms with Crippen LogP contribution in [0.2, 0.25) is 0 Å². The van der Waals surface area contributed by atoms with E-state index in [9.17, 15) is 18.0 Å². The summed E-state index contributed by atoms with van der Waals surface area (Å²) in [6.45, 7) is 0.536. The molecular formula is C21H26N4O6S. The Labute approximate surface area is 186 Å². The highest BCUT2D eigenvalue weighted by molar-refractivity contribution is 7.89. The second-order valence-corrected chi connectivity index (χ2v) is 8.97. The molecule has 0 bridgehead atoms. The topological polar surface area (TPSA) is 126 Å². The van der Waals surface area contributed by atoms with Gasteiger partial charge < -0.3 is 25.4 Å². The second kappa shape index (κ2) is 10.3. The highest BCUT2D eigenvalue weighted by Crippen LogP contribution is 2.27. The third-order valence-electron chi connectivity index (χ3n) is 4.87. The van der Waals surface area contributed by atoms with Crippen LogP contribution in [0, 0.1) is 0 Å². The Balaban J connectivity index is 1.57. The van der Waals surface area contributed by atoms with Gasteiger partial charge in [-0.2, -0.15) is 4.31 Å². The quantitative estimate of drug-likeness (QED) is 0.497. The smallest absolute Gasteiger partial charge is 0.243 e. The van der Waals surface area contributed by atoms with Crippen molar-refractivity contribution in [1.29, 1.82) is 0 Å². The van der Waals surface area contributed by atoms with E-state index in [4.69, 9.17) is 9.47 Å². The molecule has 2 aromatic carbocycles. The second-order valence-electron chi connectivity index (χ2n) is 7.04. The summed E-state index contributed by atoms with van der Waals surface area (Å²) in [5.41, 5.74) is 1.32. The zero-order valence-corrected chi connectivity index (χ0v) is 18.7. The maximum absolute atomic E-state index is 12.8. The van der Waals surface area contributed by atoms with Crippen LogP contribution in [-0.4, -0.2) is 64.9 Å². The number of ether oxygens (including phenoxy) is 2. The number of nitrogens with one attached hydrogen (secondary N) is 3. The summed E-state index contributed by atoms with van der Waals surface area (Å²) in [7, 11) is -0.715. The molecule has 172 valence electrons. The van der Waals surface area contributed by atoms with Gasteiger partial charge >= 0.3 is 0 Å². The van der Waals surface area contributed by atoms with E-state index in [2.05, 4.69) is 16.0 Å². The van der Waals surface area contributed by atoms with Crippen molar-refractivity contribution in [3.8, 4) is 11.5 Å². The van der Waals surface area contributed by atoms with Crippen molar-refractivity contribution in [3.63, 3.8) is 0 Å². The highest BCUT2D eigenvalue weighted by atomic mass is 32.2. The lowest BCUT2D eigenvalue weighted by atomic mass is 10.2. The Morgan fingerprint density at radius 3 is 2.62 bits per heavy atom. The molecule has 0 aliphatic carbocycles. The minimum absolute atomic E-state index is 0.0388. The number of carbonyl (C=O) groups is 2. The molecule has 10 nitrogen and oxygen atoms in total. The van der Waals surface area contributed by atoms with Crippen molar-refractivity contribution >= 4 is 27.5 Å². The molecule has 0 radical (unpaired) electrons. The van der Waals surface area contributed by atoms with E-state index in [0.717, 1.165) is 9.87 Å². The Bertz CT molecular complexity index is 1090. The molecule has 32 heavy (non-hydrogen) atoms. The number of nitrogens with zero attached hydrogens (tertiary/aromatic N) is 1. The van der Waals surface area contributed by atoms with Gasteiger partial charge in [-0.25, -0.2) is 8.42 Å². The predicted octanol–water partition coefficient (Wildman–Crippen LogP) is 0.553. The molecular weight excluding hydrogens is 436 g/mol. The molecule has 0 spiro atoms. The van der Waals surface area contributed by atoms with Crippen LogP contribution in [0.3, 0.4) is 0 Å². The SMILES string of the molecule is COc1ccc(CNC(=O)CNc2cccc(S(=O)(=O)N3CCNC(=O)C3)c2)cc1OC. The first-order chi connectivity index (χ1) is 15.3. The molecule has 1 aliphatic heterocycles. The number of hydrogen-bond acceptors (Lipinski definition) is 7. The van der Waals surface area contributed by atoms with Crippen LogP contribution in [0.15, 0.2) is 47.4 Å². The molecule has 1 heterocycles. The summed E-state index contributed by atoms with van der Waals surface area (Å²) in [5, 5.41) is 8.32. The van der Waals surface area contributed by atoms with Crippen molar-refractivity contribution in [1.82, 2.24) is 14.9 Å². The Hall–Kier alpha value is -3.31. The molecule has 0 unspecified atom stereocenters. The fourth-order valence-electron chi connectivity index (χ4n) is 3.17. The number of sulfonamides is 1. The Morgan fingerprint density at radius 1 is 1.12 bits per heavy atom. The largest absolute Gasteiger partial charge is 0.493 e. The summed E-state index contributed by atoms with van der Waals surface area (Å²) in [5.74, 6) is 0.576. The molecule has 0 atom stereocenters. The fraction of sp³-hybridized carbons (Fsp3) is 0.333. The maximum atomic E-state index is 12.8. The van der Waals surface area contributed by atoms with E-state index < -0.39 is 10.0 Å². The molecule has 1 saturated heterocycles. The first kappa shape index (κ1) is 23.4. The average Bonchev–Trinajstić information content (AvgIpc) is 2.81. The normalized spacial score (nSPS) is 14.4. The molecule has 0 aromatic heterocycles. The third-order valence-corrected chi connectivity index (χ3v) is 6.71. The first-order valence-electron chi connectivity index (χ1n) is 9.92. The summed E-state index contributed by atoms with van der Waals surface area (Å²) >= 11 is 0. The van der Waals surface area contributed by atoms with Gasteiger partial charge in [-0.3, -0.25) is 9.59 Å². The van der Waals surface area contributed by atoms with Gasteiger partial charge in [0.05, 0.1) is 32.2 Å². The molecule has 11 heteroatoms. The van der Waals surface area contributed by atoms with Gasteiger partial charge in [0.15, 0.2) is 11.5 Å². The Morgan fingerprint density at radius 2 is 1.91 bits per heavy atom. The minimum atomic E-state index is -3.80. The van der Waals surface area contributed by atoms with E-state index in [1.807, 2.05) is 6.07 Å². The standard InChI is InChI=1S/C21H26N4O6S/c1-30-18-7-6-15(10-19(18)31-2)12-24-20(26)13-23-16-4-3-5-17(11-16)32(28,29)25-9-8-22-21(27)14-25/h3-7,10-11,23H,8-9,12-14H2,1-2H3,(H,22,27)(H,24,26). The van der Waals surface area contributed by atoms with E-state index in [0.29, 0.717) is 23.7 Å². The highest BCUT2D eigenvalue weighted by Gasteiger charge is 2.29. The lowest BCUT2D eigenvalue weighted by molar-refractivity contribution is -0.122. The van der Waals surface area contributed by atoms with Gasteiger partial charge in [-0.15, -0.1) is 0 Å². The van der Waals surface area contributed by atoms with Crippen LogP contribution >= 0.6 is 0 Å². The van der Waals surface area contributed by atoms with Crippen molar-refractivity contribution < 1.29 is 27.5 Å². The van der Waals surface area contributed by atoms with Crippen LogP contribution < -0.4 is 25.4 Å². The van der Waals surface area contributed by atoms with E-state index in [1.54, 1.807) is 38.5 Å². The lowest BCUT2D eigenvalue weighted by Crippen LogP contribution is -2.49. The van der Waals surface area contributed by atoms with Crippen LogP contribution in [0.4, 0.5) is 5.69 Å². The number of rotatable bonds is 9. The van der Waals surface area contributed by atoms with Crippen LogP contribution in [0.5, 0.6) is 11.5 Å². The number of piperazine rings is 1. The molecule has 0 saturated carbocycles. The minimum Gasteiger partial charge on any atom is -0.493 e. The van der Waals surface area contributed by atoms with Crippen LogP contribution in [0.25, 0.3) is 0 Å². The number of methoxy groups -OCH3 is 2.